The Kier molecular flexibility index (Phi) is 4.90. The summed E-state index contributed by atoms with van der Waals surface area (Å²) in [5, 5.41) is 2.26. The molecule has 0 fully saturated rings. The Morgan fingerprint density at radius 3 is 2.15 bits per heavy atom. The maximum atomic E-state index is 12.4. The molecule has 0 heterocycles. The fourth-order valence-corrected chi connectivity index (χ4v) is 1.36. The summed E-state index contributed by atoms with van der Waals surface area (Å²) in [4.78, 5) is 23.0. The molecule has 1 aromatic rings. The SMILES string of the molecule is C/C=C(/NC(=O)c1ccc(C(F)(F)F)cc1)C(=O)OC. The number of hydrogen-bond acceptors (Lipinski definition) is 3. The van der Waals surface area contributed by atoms with Crippen LogP contribution in [0.1, 0.15) is 22.8 Å². The standard InChI is InChI=1S/C13H12F3NO3/c1-3-10(12(19)20-2)17-11(18)8-4-6-9(7-5-8)13(14,15)16/h3-7H,1-2H3,(H,17,18)/b10-3+. The highest BCUT2D eigenvalue weighted by atomic mass is 19.4. The lowest BCUT2D eigenvalue weighted by Crippen LogP contribution is -2.28. The number of allylic oxidation sites excluding steroid dienone is 1. The molecule has 1 rings (SSSR count). The summed E-state index contributed by atoms with van der Waals surface area (Å²) in [6.07, 6.45) is -3.14. The van der Waals surface area contributed by atoms with Crippen LogP contribution in [0.5, 0.6) is 0 Å². The maximum Gasteiger partial charge on any atom is 0.416 e. The predicted octanol–water partition coefficient (Wildman–Crippen LogP) is 2.51. The van der Waals surface area contributed by atoms with Crippen LogP contribution in [0, 0.1) is 0 Å². The molecule has 7 heteroatoms. The molecular weight excluding hydrogens is 275 g/mol. The molecule has 4 nitrogen and oxygen atoms in total. The van der Waals surface area contributed by atoms with Crippen molar-refractivity contribution in [3.63, 3.8) is 0 Å². The third-order valence-corrected chi connectivity index (χ3v) is 2.42. The highest BCUT2D eigenvalue weighted by molar-refractivity contribution is 6.01. The Morgan fingerprint density at radius 1 is 1.20 bits per heavy atom. The molecule has 1 aromatic carbocycles. The van der Waals surface area contributed by atoms with Crippen molar-refractivity contribution in [2.45, 2.75) is 13.1 Å². The van der Waals surface area contributed by atoms with Gasteiger partial charge in [0, 0.05) is 5.56 Å². The van der Waals surface area contributed by atoms with Crippen LogP contribution >= 0.6 is 0 Å². The van der Waals surface area contributed by atoms with Crippen molar-refractivity contribution in [3.05, 3.63) is 47.2 Å². The van der Waals surface area contributed by atoms with Crippen LogP contribution < -0.4 is 5.32 Å². The van der Waals surface area contributed by atoms with Gasteiger partial charge in [-0.2, -0.15) is 13.2 Å². The Balaban J connectivity index is 2.86. The molecule has 0 spiro atoms. The third-order valence-electron chi connectivity index (χ3n) is 2.42. The normalized spacial score (nSPS) is 11.9. The number of amides is 1. The van der Waals surface area contributed by atoms with Crippen molar-refractivity contribution in [1.29, 1.82) is 0 Å². The maximum absolute atomic E-state index is 12.4. The summed E-state index contributed by atoms with van der Waals surface area (Å²) in [7, 11) is 1.15. The van der Waals surface area contributed by atoms with E-state index in [0.29, 0.717) is 0 Å². The van der Waals surface area contributed by atoms with Crippen molar-refractivity contribution >= 4 is 11.9 Å². The molecule has 0 saturated carbocycles. The number of hydrogen-bond donors (Lipinski definition) is 1. The summed E-state index contributed by atoms with van der Waals surface area (Å²) < 4.78 is 41.5. The summed E-state index contributed by atoms with van der Waals surface area (Å²) in [5.41, 5.74) is -0.938. The Bertz CT molecular complexity index is 533. The van der Waals surface area contributed by atoms with Crippen LogP contribution in [-0.4, -0.2) is 19.0 Å². The fourth-order valence-electron chi connectivity index (χ4n) is 1.36. The molecule has 0 atom stereocenters. The van der Waals surface area contributed by atoms with Gasteiger partial charge in [0.05, 0.1) is 12.7 Å². The predicted molar refractivity (Wildman–Crippen MR) is 64.7 cm³/mol. The Morgan fingerprint density at radius 2 is 1.75 bits per heavy atom. The van der Waals surface area contributed by atoms with E-state index in [2.05, 4.69) is 10.1 Å². The molecule has 108 valence electrons. The zero-order chi connectivity index (χ0) is 15.3. The van der Waals surface area contributed by atoms with Crippen LogP contribution in [0.3, 0.4) is 0 Å². The van der Waals surface area contributed by atoms with Crippen molar-refractivity contribution < 1.29 is 27.5 Å². The number of rotatable bonds is 3. The summed E-state index contributed by atoms with van der Waals surface area (Å²) >= 11 is 0. The van der Waals surface area contributed by atoms with Crippen molar-refractivity contribution in [3.8, 4) is 0 Å². The highest BCUT2D eigenvalue weighted by Crippen LogP contribution is 2.29. The van der Waals surface area contributed by atoms with Crippen molar-refractivity contribution in [2.75, 3.05) is 7.11 Å². The van der Waals surface area contributed by atoms with Gasteiger partial charge in [-0.1, -0.05) is 6.08 Å². The molecule has 1 amide bonds. The molecule has 0 saturated heterocycles. The van der Waals surface area contributed by atoms with Crippen LogP contribution in [0.25, 0.3) is 0 Å². The molecule has 0 unspecified atom stereocenters. The first kappa shape index (κ1) is 15.7. The minimum Gasteiger partial charge on any atom is -0.464 e. The second-order valence-electron chi connectivity index (χ2n) is 3.72. The van der Waals surface area contributed by atoms with Gasteiger partial charge in [-0.05, 0) is 31.2 Å². The van der Waals surface area contributed by atoms with Gasteiger partial charge in [0.25, 0.3) is 5.91 Å². The van der Waals surface area contributed by atoms with Gasteiger partial charge in [-0.3, -0.25) is 4.79 Å². The van der Waals surface area contributed by atoms with E-state index in [0.717, 1.165) is 31.4 Å². The number of carbonyl (C=O) groups is 2. The molecule has 20 heavy (non-hydrogen) atoms. The largest absolute Gasteiger partial charge is 0.464 e. The van der Waals surface area contributed by atoms with Crippen molar-refractivity contribution in [2.24, 2.45) is 0 Å². The minimum absolute atomic E-state index is 0.00116. The smallest absolute Gasteiger partial charge is 0.416 e. The zero-order valence-electron chi connectivity index (χ0n) is 10.7. The van der Waals surface area contributed by atoms with Crippen molar-refractivity contribution in [1.82, 2.24) is 5.32 Å². The lowest BCUT2D eigenvalue weighted by Gasteiger charge is -2.09. The number of esters is 1. The van der Waals surface area contributed by atoms with E-state index in [1.165, 1.54) is 13.0 Å². The molecule has 0 aliphatic rings. The summed E-state index contributed by atoms with van der Waals surface area (Å²) in [6.45, 7) is 1.51. The van der Waals surface area contributed by atoms with Gasteiger partial charge in [0.2, 0.25) is 0 Å². The molecular formula is C13H12F3NO3. The lowest BCUT2D eigenvalue weighted by molar-refractivity contribution is -0.138. The van der Waals surface area contributed by atoms with E-state index in [9.17, 15) is 22.8 Å². The topological polar surface area (TPSA) is 55.4 Å². The Hall–Kier alpha value is -2.31. The van der Waals surface area contributed by atoms with Gasteiger partial charge in [-0.25, -0.2) is 4.79 Å². The molecule has 0 aromatic heterocycles. The third kappa shape index (κ3) is 3.84. The quantitative estimate of drug-likeness (QED) is 0.686. The minimum atomic E-state index is -4.46. The molecule has 0 aliphatic heterocycles. The number of halogens is 3. The van der Waals surface area contributed by atoms with E-state index in [1.807, 2.05) is 0 Å². The number of carbonyl (C=O) groups excluding carboxylic acids is 2. The van der Waals surface area contributed by atoms with Crippen LogP contribution in [-0.2, 0) is 15.7 Å². The number of ether oxygens (including phenoxy) is 1. The first-order valence-electron chi connectivity index (χ1n) is 5.52. The first-order valence-corrected chi connectivity index (χ1v) is 5.52. The van der Waals surface area contributed by atoms with Gasteiger partial charge >= 0.3 is 12.1 Å². The van der Waals surface area contributed by atoms with E-state index >= 15 is 0 Å². The summed E-state index contributed by atoms with van der Waals surface area (Å²) in [6, 6.07) is 3.65. The molecule has 0 radical (unpaired) electrons. The fraction of sp³-hybridized carbons (Fsp3) is 0.231. The van der Waals surface area contributed by atoms with Gasteiger partial charge in [0.15, 0.2) is 0 Å². The average molecular weight is 287 g/mol. The van der Waals surface area contributed by atoms with E-state index < -0.39 is 23.6 Å². The molecule has 1 N–H and O–H groups in total. The van der Waals surface area contributed by atoms with Gasteiger partial charge in [-0.15, -0.1) is 0 Å². The summed E-state index contributed by atoms with van der Waals surface area (Å²) in [5.74, 6) is -1.44. The first-order chi connectivity index (χ1) is 9.29. The number of benzene rings is 1. The van der Waals surface area contributed by atoms with Crippen LogP contribution in [0.4, 0.5) is 13.2 Å². The van der Waals surface area contributed by atoms with Gasteiger partial charge < -0.3 is 10.1 Å². The van der Waals surface area contributed by atoms with E-state index in [1.54, 1.807) is 0 Å². The van der Waals surface area contributed by atoms with Crippen LogP contribution in [0.2, 0.25) is 0 Å². The molecule has 0 bridgehead atoms. The molecule has 0 aliphatic carbocycles. The number of nitrogens with one attached hydrogen (secondary N) is 1. The van der Waals surface area contributed by atoms with E-state index in [4.69, 9.17) is 0 Å². The lowest BCUT2D eigenvalue weighted by atomic mass is 10.1. The second-order valence-corrected chi connectivity index (χ2v) is 3.72. The second kappa shape index (κ2) is 6.23. The van der Waals surface area contributed by atoms with Crippen LogP contribution in [0.15, 0.2) is 36.0 Å². The van der Waals surface area contributed by atoms with Gasteiger partial charge in [0.1, 0.15) is 5.70 Å². The monoisotopic (exact) mass is 287 g/mol. The number of alkyl halides is 3. The zero-order valence-corrected chi connectivity index (χ0v) is 10.7. The average Bonchev–Trinajstić information content (AvgIpc) is 2.42. The number of methoxy groups -OCH3 is 1. The highest BCUT2D eigenvalue weighted by Gasteiger charge is 2.30. The Labute approximate surface area is 113 Å². The van der Waals surface area contributed by atoms with E-state index in [-0.39, 0.29) is 11.3 Å².